The second-order valence-corrected chi connectivity index (χ2v) is 8.04. The molecule has 0 unspecified atom stereocenters. The van der Waals surface area contributed by atoms with Gasteiger partial charge in [0.15, 0.2) is 5.65 Å². The van der Waals surface area contributed by atoms with E-state index in [2.05, 4.69) is 20.4 Å². The van der Waals surface area contributed by atoms with Crippen LogP contribution in [0.4, 0.5) is 19.1 Å². The van der Waals surface area contributed by atoms with E-state index < -0.39 is 35.3 Å². The Morgan fingerprint density at radius 1 is 1.32 bits per heavy atom. The van der Waals surface area contributed by atoms with Gasteiger partial charge in [0.1, 0.15) is 29.7 Å². The lowest BCUT2D eigenvalue weighted by Crippen LogP contribution is -2.39. The standard InChI is InChI=1S/C20H19F3N6O2/c21-11-1-2-15(23)13(5-11)16-6-12(22)8-28(16)19-24-10-29-17(26-19)14(7-25-29)18(31)27-20(9-30)3-4-20/h1-2,5,7,10,12,16,30H,3-4,6,8-9H2,(H,27,31)/t12-,16+/m0/s1. The van der Waals surface area contributed by atoms with Crippen molar-refractivity contribution in [1.82, 2.24) is 24.9 Å². The Morgan fingerprint density at radius 3 is 2.87 bits per heavy atom. The molecule has 2 fully saturated rings. The van der Waals surface area contributed by atoms with Gasteiger partial charge < -0.3 is 15.3 Å². The van der Waals surface area contributed by atoms with E-state index in [1.807, 2.05) is 0 Å². The van der Waals surface area contributed by atoms with E-state index in [1.165, 1.54) is 21.9 Å². The van der Waals surface area contributed by atoms with Gasteiger partial charge in [-0.15, -0.1) is 0 Å². The highest BCUT2D eigenvalue weighted by Gasteiger charge is 2.44. The van der Waals surface area contributed by atoms with Crippen molar-refractivity contribution < 1.29 is 23.1 Å². The van der Waals surface area contributed by atoms with E-state index in [4.69, 9.17) is 0 Å². The molecule has 1 saturated heterocycles. The zero-order valence-electron chi connectivity index (χ0n) is 16.3. The molecule has 11 heteroatoms. The molecule has 0 bridgehead atoms. The molecule has 1 amide bonds. The van der Waals surface area contributed by atoms with Crippen molar-refractivity contribution in [3.05, 3.63) is 53.5 Å². The third-order valence-electron chi connectivity index (χ3n) is 5.86. The van der Waals surface area contributed by atoms with E-state index >= 15 is 0 Å². The number of nitrogens with zero attached hydrogens (tertiary/aromatic N) is 5. The van der Waals surface area contributed by atoms with Crippen LogP contribution in [0.3, 0.4) is 0 Å². The van der Waals surface area contributed by atoms with Gasteiger partial charge in [0.25, 0.3) is 5.91 Å². The predicted octanol–water partition coefficient (Wildman–Crippen LogP) is 1.95. The topological polar surface area (TPSA) is 95.6 Å². The monoisotopic (exact) mass is 432 g/mol. The number of rotatable bonds is 5. The fourth-order valence-corrected chi connectivity index (χ4v) is 3.93. The van der Waals surface area contributed by atoms with Crippen LogP contribution in [-0.2, 0) is 0 Å². The smallest absolute Gasteiger partial charge is 0.257 e. The number of halogens is 3. The maximum Gasteiger partial charge on any atom is 0.257 e. The van der Waals surface area contributed by atoms with Crippen LogP contribution >= 0.6 is 0 Å². The lowest BCUT2D eigenvalue weighted by molar-refractivity contribution is 0.0908. The Labute approximate surface area is 174 Å². The van der Waals surface area contributed by atoms with Crippen molar-refractivity contribution in [3.63, 3.8) is 0 Å². The van der Waals surface area contributed by atoms with Crippen LogP contribution in [-0.4, -0.2) is 55.5 Å². The van der Waals surface area contributed by atoms with Gasteiger partial charge in [0.2, 0.25) is 5.95 Å². The maximum atomic E-state index is 14.4. The summed E-state index contributed by atoms with van der Waals surface area (Å²) in [6.07, 6.45) is 2.71. The van der Waals surface area contributed by atoms with Gasteiger partial charge in [-0.2, -0.15) is 10.1 Å². The summed E-state index contributed by atoms with van der Waals surface area (Å²) < 4.78 is 43.7. The predicted molar refractivity (Wildman–Crippen MR) is 103 cm³/mol. The first kappa shape index (κ1) is 19.7. The highest BCUT2D eigenvalue weighted by molar-refractivity contribution is 6.00. The number of nitrogens with one attached hydrogen (secondary N) is 1. The molecule has 1 aliphatic carbocycles. The SMILES string of the molecule is O=C(NC1(CO)CC1)c1cnn2cnc(N3C[C@@H](F)C[C@@H]3c3cc(F)ccc3F)nc12. The van der Waals surface area contributed by atoms with E-state index in [0.29, 0.717) is 12.8 Å². The quantitative estimate of drug-likeness (QED) is 0.640. The number of carbonyl (C=O) groups excluding carboxylic acids is 1. The molecule has 0 spiro atoms. The van der Waals surface area contributed by atoms with Gasteiger partial charge >= 0.3 is 0 Å². The largest absolute Gasteiger partial charge is 0.394 e. The normalized spacial score (nSPS) is 22.1. The second kappa shape index (κ2) is 7.19. The lowest BCUT2D eigenvalue weighted by Gasteiger charge is -2.25. The average Bonchev–Trinajstić information content (AvgIpc) is 3.22. The van der Waals surface area contributed by atoms with Gasteiger partial charge in [-0.05, 0) is 31.0 Å². The fraction of sp³-hybridized carbons (Fsp3) is 0.400. The van der Waals surface area contributed by atoms with Crippen LogP contribution in [0, 0.1) is 11.6 Å². The van der Waals surface area contributed by atoms with E-state index in [-0.39, 0.29) is 42.3 Å². The Hall–Kier alpha value is -3.21. The fourth-order valence-electron chi connectivity index (χ4n) is 3.93. The number of alkyl halides is 1. The number of hydrogen-bond donors (Lipinski definition) is 2. The van der Waals surface area contributed by atoms with Gasteiger partial charge in [-0.3, -0.25) is 4.79 Å². The van der Waals surface area contributed by atoms with E-state index in [0.717, 1.165) is 18.2 Å². The van der Waals surface area contributed by atoms with Gasteiger partial charge in [0, 0.05) is 12.0 Å². The van der Waals surface area contributed by atoms with Crippen molar-refractivity contribution in [2.24, 2.45) is 0 Å². The lowest BCUT2D eigenvalue weighted by atomic mass is 10.0. The molecule has 0 radical (unpaired) electrons. The molecule has 3 heterocycles. The Bertz CT molecular complexity index is 1170. The van der Waals surface area contributed by atoms with E-state index in [9.17, 15) is 23.1 Å². The maximum absolute atomic E-state index is 14.4. The Morgan fingerprint density at radius 2 is 2.13 bits per heavy atom. The molecule has 31 heavy (non-hydrogen) atoms. The first-order valence-corrected chi connectivity index (χ1v) is 9.88. The molecule has 1 saturated carbocycles. The van der Waals surface area contributed by atoms with Crippen molar-refractivity contribution in [1.29, 1.82) is 0 Å². The third kappa shape index (κ3) is 3.48. The molecule has 2 N–H and O–H groups in total. The summed E-state index contributed by atoms with van der Waals surface area (Å²) in [6.45, 7) is -0.259. The highest BCUT2D eigenvalue weighted by atomic mass is 19.1. The van der Waals surface area contributed by atoms with Crippen LogP contribution in [0.2, 0.25) is 0 Å². The molecule has 1 aliphatic heterocycles. The first-order chi connectivity index (χ1) is 14.9. The van der Waals surface area contributed by atoms with Crippen LogP contribution in [0.5, 0.6) is 0 Å². The summed E-state index contributed by atoms with van der Waals surface area (Å²) in [7, 11) is 0. The number of fused-ring (bicyclic) bond motifs is 1. The van der Waals surface area contributed by atoms with Crippen molar-refractivity contribution in [2.45, 2.75) is 37.0 Å². The van der Waals surface area contributed by atoms with Gasteiger partial charge in [-0.25, -0.2) is 22.7 Å². The molecular formula is C20H19F3N6O2. The summed E-state index contributed by atoms with van der Waals surface area (Å²) in [5.74, 6) is -1.62. The molecule has 2 atom stereocenters. The minimum Gasteiger partial charge on any atom is -0.394 e. The molecule has 8 nitrogen and oxygen atoms in total. The first-order valence-electron chi connectivity index (χ1n) is 9.88. The van der Waals surface area contributed by atoms with Crippen molar-refractivity contribution in [2.75, 3.05) is 18.1 Å². The molecule has 2 aliphatic rings. The number of hydrogen-bond acceptors (Lipinski definition) is 6. The summed E-state index contributed by atoms with van der Waals surface area (Å²) in [4.78, 5) is 22.7. The Kier molecular flexibility index (Phi) is 4.58. The molecular weight excluding hydrogens is 413 g/mol. The minimum absolute atomic E-state index is 0.0220. The van der Waals surface area contributed by atoms with Crippen LogP contribution in [0.1, 0.15) is 41.2 Å². The number of aromatic nitrogens is 4. The molecule has 162 valence electrons. The number of carbonyl (C=O) groups is 1. The molecule has 5 rings (SSSR count). The minimum atomic E-state index is -1.28. The summed E-state index contributed by atoms with van der Waals surface area (Å²) >= 11 is 0. The second-order valence-electron chi connectivity index (χ2n) is 8.04. The number of anilines is 1. The van der Waals surface area contributed by atoms with Crippen LogP contribution < -0.4 is 10.2 Å². The number of benzene rings is 1. The van der Waals surface area contributed by atoms with Gasteiger partial charge in [-0.1, -0.05) is 0 Å². The molecule has 3 aromatic rings. The Balaban J connectivity index is 1.50. The highest BCUT2D eigenvalue weighted by Crippen LogP contribution is 2.38. The average molecular weight is 432 g/mol. The number of aliphatic hydroxyl groups excluding tert-OH is 1. The molecule has 1 aromatic carbocycles. The summed E-state index contributed by atoms with van der Waals surface area (Å²) in [6, 6.07) is 2.26. The van der Waals surface area contributed by atoms with Crippen LogP contribution in [0.25, 0.3) is 5.65 Å². The van der Waals surface area contributed by atoms with Gasteiger partial charge in [0.05, 0.1) is 30.9 Å². The number of aliphatic hydroxyl groups is 1. The zero-order chi connectivity index (χ0) is 21.8. The van der Waals surface area contributed by atoms with Crippen molar-refractivity contribution >= 4 is 17.5 Å². The molecule has 2 aromatic heterocycles. The number of amides is 1. The van der Waals surface area contributed by atoms with Crippen LogP contribution in [0.15, 0.2) is 30.7 Å². The zero-order valence-corrected chi connectivity index (χ0v) is 16.3. The summed E-state index contributed by atoms with van der Waals surface area (Å²) in [5.41, 5.74) is -0.226. The van der Waals surface area contributed by atoms with Crippen molar-refractivity contribution in [3.8, 4) is 0 Å². The summed E-state index contributed by atoms with van der Waals surface area (Å²) in [5, 5.41) is 16.3. The third-order valence-corrected chi connectivity index (χ3v) is 5.86. The van der Waals surface area contributed by atoms with E-state index in [1.54, 1.807) is 0 Å².